The number of benzene rings is 1. The first-order chi connectivity index (χ1) is 7.15. The van der Waals surface area contributed by atoms with E-state index in [1.165, 1.54) is 11.1 Å². The second-order valence-corrected chi connectivity index (χ2v) is 3.55. The number of nitrogens with two attached hydrogens (primary N) is 1. The van der Waals surface area contributed by atoms with Gasteiger partial charge in [0, 0.05) is 6.04 Å². The molecule has 4 heteroatoms. The van der Waals surface area contributed by atoms with Crippen molar-refractivity contribution in [1.82, 2.24) is 5.32 Å². The van der Waals surface area contributed by atoms with Crippen molar-refractivity contribution in [2.45, 2.75) is 19.9 Å². The van der Waals surface area contributed by atoms with Gasteiger partial charge < -0.3 is 16.3 Å². The monoisotopic (exact) mass is 207 g/mol. The van der Waals surface area contributed by atoms with Gasteiger partial charge in [-0.05, 0) is 25.0 Å². The second kappa shape index (κ2) is 5.36. The van der Waals surface area contributed by atoms with E-state index in [4.69, 9.17) is 10.9 Å². The number of hydrogen-bond donors (Lipinski definition) is 3. The van der Waals surface area contributed by atoms with E-state index in [0.717, 1.165) is 0 Å². The van der Waals surface area contributed by atoms with Gasteiger partial charge in [0.25, 0.3) is 0 Å². The number of aryl methyl sites for hydroxylation is 1. The number of amidine groups is 1. The van der Waals surface area contributed by atoms with Crippen LogP contribution in [0.5, 0.6) is 0 Å². The molecule has 1 aromatic carbocycles. The summed E-state index contributed by atoms with van der Waals surface area (Å²) in [4.78, 5) is 0. The largest absolute Gasteiger partial charge is 0.409 e. The van der Waals surface area contributed by atoms with Crippen molar-refractivity contribution in [3.8, 4) is 0 Å². The molecule has 82 valence electrons. The molecule has 0 aliphatic heterocycles. The maximum absolute atomic E-state index is 8.40. The highest BCUT2D eigenvalue weighted by molar-refractivity contribution is 5.81. The van der Waals surface area contributed by atoms with Crippen molar-refractivity contribution in [1.29, 1.82) is 0 Å². The smallest absolute Gasteiger partial charge is 0.153 e. The highest BCUT2D eigenvalue weighted by Gasteiger charge is 2.07. The molecule has 1 rings (SSSR count). The van der Waals surface area contributed by atoms with Crippen molar-refractivity contribution in [3.63, 3.8) is 0 Å². The lowest BCUT2D eigenvalue weighted by Gasteiger charge is -2.15. The van der Waals surface area contributed by atoms with Gasteiger partial charge in [-0.3, -0.25) is 0 Å². The van der Waals surface area contributed by atoms with E-state index in [1.807, 2.05) is 19.1 Å². The zero-order valence-electron chi connectivity index (χ0n) is 9.07. The van der Waals surface area contributed by atoms with Crippen LogP contribution in [0.2, 0.25) is 0 Å². The summed E-state index contributed by atoms with van der Waals surface area (Å²) in [6, 6.07) is 8.33. The average molecular weight is 207 g/mol. The summed E-state index contributed by atoms with van der Waals surface area (Å²) in [5.41, 5.74) is 7.83. The Morgan fingerprint density at radius 2 is 2.20 bits per heavy atom. The SMILES string of the molecule is Cc1ccccc1[C@H](C)NC/C(N)=N/O. The minimum absolute atomic E-state index is 0.187. The highest BCUT2D eigenvalue weighted by Crippen LogP contribution is 2.15. The Bertz CT molecular complexity index is 349. The Balaban J connectivity index is 2.61. The topological polar surface area (TPSA) is 70.6 Å². The summed E-state index contributed by atoms with van der Waals surface area (Å²) in [5, 5.41) is 14.5. The second-order valence-electron chi connectivity index (χ2n) is 3.55. The molecule has 0 fully saturated rings. The molecule has 0 unspecified atom stereocenters. The summed E-state index contributed by atoms with van der Waals surface area (Å²) in [5.74, 6) is 0.190. The number of hydrogen-bond acceptors (Lipinski definition) is 3. The Hall–Kier alpha value is -1.55. The van der Waals surface area contributed by atoms with E-state index < -0.39 is 0 Å². The lowest BCUT2D eigenvalue weighted by molar-refractivity contribution is 0.316. The average Bonchev–Trinajstić information content (AvgIpc) is 2.26. The van der Waals surface area contributed by atoms with Gasteiger partial charge in [-0.2, -0.15) is 0 Å². The fourth-order valence-electron chi connectivity index (χ4n) is 1.48. The van der Waals surface area contributed by atoms with Crippen LogP contribution in [0.1, 0.15) is 24.1 Å². The first-order valence-electron chi connectivity index (χ1n) is 4.90. The summed E-state index contributed by atoms with van der Waals surface area (Å²) in [6.07, 6.45) is 0. The Morgan fingerprint density at radius 1 is 1.53 bits per heavy atom. The molecular formula is C11H17N3O. The Kier molecular flexibility index (Phi) is 4.12. The van der Waals surface area contributed by atoms with Gasteiger partial charge in [0.2, 0.25) is 0 Å². The van der Waals surface area contributed by atoms with Crippen molar-refractivity contribution in [2.75, 3.05) is 6.54 Å². The first kappa shape index (κ1) is 11.5. The molecule has 0 bridgehead atoms. The molecule has 0 aliphatic carbocycles. The van der Waals surface area contributed by atoms with Crippen molar-refractivity contribution >= 4 is 5.84 Å². The Labute approximate surface area is 89.8 Å². The zero-order valence-corrected chi connectivity index (χ0v) is 9.07. The van der Waals surface area contributed by atoms with Crippen molar-refractivity contribution in [3.05, 3.63) is 35.4 Å². The van der Waals surface area contributed by atoms with E-state index >= 15 is 0 Å². The third kappa shape index (κ3) is 3.25. The standard InChI is InChI=1S/C11H17N3O/c1-8-5-3-4-6-10(8)9(2)13-7-11(12)14-15/h3-6,9,13,15H,7H2,1-2H3,(H2,12,14)/t9-/m0/s1. The molecule has 15 heavy (non-hydrogen) atoms. The number of nitrogens with one attached hydrogen (secondary N) is 1. The number of rotatable bonds is 4. The molecule has 0 spiro atoms. The van der Waals surface area contributed by atoms with Gasteiger partial charge in [-0.25, -0.2) is 0 Å². The van der Waals surface area contributed by atoms with Crippen LogP contribution in [0.4, 0.5) is 0 Å². The summed E-state index contributed by atoms with van der Waals surface area (Å²) >= 11 is 0. The molecule has 1 aromatic rings. The maximum atomic E-state index is 8.40. The van der Waals surface area contributed by atoms with Crippen LogP contribution in [-0.2, 0) is 0 Å². The zero-order chi connectivity index (χ0) is 11.3. The van der Waals surface area contributed by atoms with Gasteiger partial charge in [-0.15, -0.1) is 0 Å². The molecule has 0 saturated heterocycles. The molecule has 0 saturated carbocycles. The lowest BCUT2D eigenvalue weighted by atomic mass is 10.0. The van der Waals surface area contributed by atoms with Crippen LogP contribution in [0, 0.1) is 6.92 Å². The van der Waals surface area contributed by atoms with Gasteiger partial charge in [0.1, 0.15) is 0 Å². The van der Waals surface area contributed by atoms with Gasteiger partial charge >= 0.3 is 0 Å². The molecule has 0 amide bonds. The highest BCUT2D eigenvalue weighted by atomic mass is 16.4. The maximum Gasteiger partial charge on any atom is 0.153 e. The summed E-state index contributed by atoms with van der Waals surface area (Å²) < 4.78 is 0. The van der Waals surface area contributed by atoms with Gasteiger partial charge in [0.15, 0.2) is 5.84 Å². The van der Waals surface area contributed by atoms with Crippen molar-refractivity contribution < 1.29 is 5.21 Å². The summed E-state index contributed by atoms with van der Waals surface area (Å²) in [6.45, 7) is 4.50. The van der Waals surface area contributed by atoms with E-state index in [2.05, 4.69) is 29.5 Å². The molecule has 0 heterocycles. The first-order valence-corrected chi connectivity index (χ1v) is 4.90. The quantitative estimate of drug-likeness (QED) is 0.302. The van der Waals surface area contributed by atoms with E-state index in [9.17, 15) is 0 Å². The molecule has 0 radical (unpaired) electrons. The fourth-order valence-corrected chi connectivity index (χ4v) is 1.48. The third-order valence-corrected chi connectivity index (χ3v) is 2.37. The van der Waals surface area contributed by atoms with Gasteiger partial charge in [-0.1, -0.05) is 29.4 Å². The van der Waals surface area contributed by atoms with E-state index in [0.29, 0.717) is 6.54 Å². The predicted molar refractivity (Wildman–Crippen MR) is 61.0 cm³/mol. The normalized spacial score (nSPS) is 13.9. The molecule has 0 aliphatic rings. The molecule has 4 N–H and O–H groups in total. The van der Waals surface area contributed by atoms with Crippen LogP contribution < -0.4 is 11.1 Å². The minimum Gasteiger partial charge on any atom is -0.409 e. The minimum atomic E-state index is 0.187. The molecule has 4 nitrogen and oxygen atoms in total. The van der Waals surface area contributed by atoms with Crippen LogP contribution in [0.3, 0.4) is 0 Å². The number of oxime groups is 1. The Morgan fingerprint density at radius 3 is 2.80 bits per heavy atom. The molecular weight excluding hydrogens is 190 g/mol. The van der Waals surface area contributed by atoms with Crippen LogP contribution in [0.15, 0.2) is 29.4 Å². The van der Waals surface area contributed by atoms with Crippen LogP contribution >= 0.6 is 0 Å². The van der Waals surface area contributed by atoms with E-state index in [-0.39, 0.29) is 11.9 Å². The van der Waals surface area contributed by atoms with Crippen LogP contribution in [-0.4, -0.2) is 17.6 Å². The number of nitrogens with zero attached hydrogens (tertiary/aromatic N) is 1. The predicted octanol–water partition coefficient (Wildman–Crippen LogP) is 1.39. The van der Waals surface area contributed by atoms with E-state index in [1.54, 1.807) is 0 Å². The third-order valence-electron chi connectivity index (χ3n) is 2.37. The van der Waals surface area contributed by atoms with Crippen LogP contribution in [0.25, 0.3) is 0 Å². The molecule has 0 aromatic heterocycles. The van der Waals surface area contributed by atoms with Crippen molar-refractivity contribution in [2.24, 2.45) is 10.9 Å². The van der Waals surface area contributed by atoms with Gasteiger partial charge in [0.05, 0.1) is 6.54 Å². The fraction of sp³-hybridized carbons (Fsp3) is 0.364. The summed E-state index contributed by atoms with van der Waals surface area (Å²) in [7, 11) is 0. The molecule has 1 atom stereocenters. The lowest BCUT2D eigenvalue weighted by Crippen LogP contribution is -2.31.